The highest BCUT2D eigenvalue weighted by atomic mass is 16.2. The summed E-state index contributed by atoms with van der Waals surface area (Å²) in [6.45, 7) is 8.00. The van der Waals surface area contributed by atoms with Crippen molar-refractivity contribution in [3.8, 4) is 0 Å². The molecule has 2 N–H and O–H groups in total. The first-order valence-corrected chi connectivity index (χ1v) is 8.16. The minimum atomic E-state index is -0.588. The molecule has 0 bridgehead atoms. The lowest BCUT2D eigenvalue weighted by atomic mass is 9.86. The summed E-state index contributed by atoms with van der Waals surface area (Å²) in [5, 5.41) is 5.78. The largest absolute Gasteiger partial charge is 0.325 e. The molecular formula is C20H22N2O2. The molecule has 0 unspecified atom stereocenters. The van der Waals surface area contributed by atoms with Crippen LogP contribution in [0.25, 0.3) is 0 Å². The van der Waals surface area contributed by atoms with E-state index < -0.39 is 5.41 Å². The first kappa shape index (κ1) is 16.2. The number of amides is 2. The molecule has 3 rings (SSSR count). The number of benzene rings is 2. The van der Waals surface area contributed by atoms with Gasteiger partial charge in [-0.05, 0) is 61.2 Å². The van der Waals surface area contributed by atoms with Crippen molar-refractivity contribution in [1.82, 2.24) is 0 Å². The maximum Gasteiger partial charge on any atom is 0.255 e. The Kier molecular flexibility index (Phi) is 3.91. The van der Waals surface area contributed by atoms with Crippen LogP contribution >= 0.6 is 0 Å². The number of carbonyl (C=O) groups is 2. The van der Waals surface area contributed by atoms with Crippen LogP contribution in [0.15, 0.2) is 42.5 Å². The molecule has 1 heterocycles. The molecule has 0 aliphatic carbocycles. The van der Waals surface area contributed by atoms with Crippen molar-refractivity contribution in [3.05, 3.63) is 59.2 Å². The maximum absolute atomic E-state index is 12.4. The highest BCUT2D eigenvalue weighted by Crippen LogP contribution is 2.38. The normalized spacial score (nSPS) is 15.1. The van der Waals surface area contributed by atoms with Gasteiger partial charge in [-0.1, -0.05) is 26.0 Å². The predicted octanol–water partition coefficient (Wildman–Crippen LogP) is 4.29. The van der Waals surface area contributed by atoms with Crippen molar-refractivity contribution < 1.29 is 9.59 Å². The van der Waals surface area contributed by atoms with Crippen LogP contribution in [0.3, 0.4) is 0 Å². The Hall–Kier alpha value is -2.62. The summed E-state index contributed by atoms with van der Waals surface area (Å²) in [7, 11) is 0. The standard InChI is InChI=1S/C20H22N2O2/c1-12(2)13-5-7-14(8-6-13)18(23)21-15-9-10-17-16(11-15)20(3,4)19(24)22-17/h5-12H,1-4H3,(H,21,23)(H,22,24). The SMILES string of the molecule is CC(C)c1ccc(C(=O)Nc2ccc3c(c2)C(C)(C)C(=O)N3)cc1. The molecule has 4 heteroatoms. The summed E-state index contributed by atoms with van der Waals surface area (Å²) in [5.41, 5.74) is 3.64. The minimum absolute atomic E-state index is 0.0229. The molecule has 0 atom stereocenters. The van der Waals surface area contributed by atoms with Crippen LogP contribution in [0.4, 0.5) is 11.4 Å². The molecule has 0 radical (unpaired) electrons. The lowest BCUT2D eigenvalue weighted by Crippen LogP contribution is -2.26. The fourth-order valence-corrected chi connectivity index (χ4v) is 2.87. The minimum Gasteiger partial charge on any atom is -0.325 e. The molecule has 2 aromatic rings. The molecule has 1 aliphatic rings. The molecular weight excluding hydrogens is 300 g/mol. The fraction of sp³-hybridized carbons (Fsp3) is 0.300. The zero-order chi connectivity index (χ0) is 17.5. The number of fused-ring (bicyclic) bond motifs is 1. The molecule has 4 nitrogen and oxygen atoms in total. The molecule has 2 amide bonds. The molecule has 2 aromatic carbocycles. The van der Waals surface area contributed by atoms with Crippen molar-refractivity contribution >= 4 is 23.2 Å². The van der Waals surface area contributed by atoms with Crippen molar-refractivity contribution in [3.63, 3.8) is 0 Å². The third-order valence-electron chi connectivity index (χ3n) is 4.61. The van der Waals surface area contributed by atoms with E-state index in [1.165, 1.54) is 5.56 Å². The van der Waals surface area contributed by atoms with E-state index in [2.05, 4.69) is 24.5 Å². The number of anilines is 2. The molecule has 0 saturated carbocycles. The Morgan fingerprint density at radius 1 is 1.08 bits per heavy atom. The zero-order valence-corrected chi connectivity index (χ0v) is 14.4. The number of hydrogen-bond acceptors (Lipinski definition) is 2. The fourth-order valence-electron chi connectivity index (χ4n) is 2.87. The molecule has 0 saturated heterocycles. The van der Waals surface area contributed by atoms with Crippen molar-refractivity contribution in [2.75, 3.05) is 10.6 Å². The van der Waals surface area contributed by atoms with Crippen LogP contribution < -0.4 is 10.6 Å². The monoisotopic (exact) mass is 322 g/mol. The molecule has 124 valence electrons. The van der Waals surface area contributed by atoms with Crippen LogP contribution in [-0.4, -0.2) is 11.8 Å². The van der Waals surface area contributed by atoms with Crippen LogP contribution in [0, 0.1) is 0 Å². The smallest absolute Gasteiger partial charge is 0.255 e. The average molecular weight is 322 g/mol. The van der Waals surface area contributed by atoms with E-state index in [9.17, 15) is 9.59 Å². The van der Waals surface area contributed by atoms with Gasteiger partial charge in [0, 0.05) is 16.9 Å². The summed E-state index contributed by atoms with van der Waals surface area (Å²) >= 11 is 0. The van der Waals surface area contributed by atoms with E-state index >= 15 is 0 Å². The van der Waals surface area contributed by atoms with Gasteiger partial charge in [0.1, 0.15) is 0 Å². The first-order chi connectivity index (χ1) is 11.3. The number of nitrogens with one attached hydrogen (secondary N) is 2. The Balaban J connectivity index is 1.81. The van der Waals surface area contributed by atoms with Crippen molar-refractivity contribution in [2.45, 2.75) is 39.0 Å². The zero-order valence-electron chi connectivity index (χ0n) is 14.4. The molecule has 1 aliphatic heterocycles. The van der Waals surface area contributed by atoms with Crippen LogP contribution in [0.2, 0.25) is 0 Å². The summed E-state index contributed by atoms with van der Waals surface area (Å²) in [5.74, 6) is 0.261. The van der Waals surface area contributed by atoms with Crippen molar-refractivity contribution in [2.24, 2.45) is 0 Å². The van der Waals surface area contributed by atoms with Gasteiger partial charge in [0.25, 0.3) is 5.91 Å². The van der Waals surface area contributed by atoms with Gasteiger partial charge >= 0.3 is 0 Å². The lowest BCUT2D eigenvalue weighted by molar-refractivity contribution is -0.119. The van der Waals surface area contributed by atoms with Crippen LogP contribution in [0.1, 0.15) is 55.1 Å². The van der Waals surface area contributed by atoms with Gasteiger partial charge in [-0.15, -0.1) is 0 Å². The topological polar surface area (TPSA) is 58.2 Å². The molecule has 0 aromatic heterocycles. The van der Waals surface area contributed by atoms with Crippen LogP contribution in [0.5, 0.6) is 0 Å². The molecule has 24 heavy (non-hydrogen) atoms. The Morgan fingerprint density at radius 3 is 2.38 bits per heavy atom. The van der Waals surface area contributed by atoms with E-state index in [1.807, 2.05) is 50.2 Å². The number of carbonyl (C=O) groups excluding carboxylic acids is 2. The average Bonchev–Trinajstić information content (AvgIpc) is 2.77. The summed E-state index contributed by atoms with van der Waals surface area (Å²) in [4.78, 5) is 24.4. The first-order valence-electron chi connectivity index (χ1n) is 8.16. The second-order valence-electron chi connectivity index (χ2n) is 7.07. The van der Waals surface area contributed by atoms with E-state index in [-0.39, 0.29) is 11.8 Å². The number of hydrogen-bond donors (Lipinski definition) is 2. The van der Waals surface area contributed by atoms with Gasteiger partial charge in [0.05, 0.1) is 5.41 Å². The van der Waals surface area contributed by atoms with Gasteiger partial charge in [0.2, 0.25) is 5.91 Å². The van der Waals surface area contributed by atoms with E-state index in [4.69, 9.17) is 0 Å². The van der Waals surface area contributed by atoms with Gasteiger partial charge in [-0.3, -0.25) is 9.59 Å². The molecule has 0 spiro atoms. The Bertz CT molecular complexity index is 805. The predicted molar refractivity (Wildman–Crippen MR) is 96.6 cm³/mol. The maximum atomic E-state index is 12.4. The second kappa shape index (κ2) is 5.78. The Labute approximate surface area is 142 Å². The summed E-state index contributed by atoms with van der Waals surface area (Å²) in [6.07, 6.45) is 0. The second-order valence-corrected chi connectivity index (χ2v) is 7.07. The third kappa shape index (κ3) is 2.80. The van der Waals surface area contributed by atoms with Gasteiger partial charge < -0.3 is 10.6 Å². The van der Waals surface area contributed by atoms with Gasteiger partial charge in [0.15, 0.2) is 0 Å². The van der Waals surface area contributed by atoms with E-state index in [0.717, 1.165) is 11.3 Å². The van der Waals surface area contributed by atoms with E-state index in [0.29, 0.717) is 17.2 Å². The van der Waals surface area contributed by atoms with Crippen LogP contribution in [-0.2, 0) is 10.2 Å². The third-order valence-corrected chi connectivity index (χ3v) is 4.61. The van der Waals surface area contributed by atoms with Gasteiger partial charge in [-0.2, -0.15) is 0 Å². The highest BCUT2D eigenvalue weighted by molar-refractivity contribution is 6.07. The quantitative estimate of drug-likeness (QED) is 0.885. The van der Waals surface area contributed by atoms with Crippen molar-refractivity contribution in [1.29, 1.82) is 0 Å². The van der Waals surface area contributed by atoms with Gasteiger partial charge in [-0.25, -0.2) is 0 Å². The molecule has 0 fully saturated rings. The summed E-state index contributed by atoms with van der Waals surface area (Å²) in [6, 6.07) is 13.1. The summed E-state index contributed by atoms with van der Waals surface area (Å²) < 4.78 is 0. The lowest BCUT2D eigenvalue weighted by Gasteiger charge is -2.16. The van der Waals surface area contributed by atoms with E-state index in [1.54, 1.807) is 6.07 Å². The Morgan fingerprint density at radius 2 is 1.75 bits per heavy atom. The number of rotatable bonds is 3. The highest BCUT2D eigenvalue weighted by Gasteiger charge is 2.38.